The maximum atomic E-state index is 13.1. The summed E-state index contributed by atoms with van der Waals surface area (Å²) in [7, 11) is 2.04. The first-order valence-electron chi connectivity index (χ1n) is 8.03. The van der Waals surface area contributed by atoms with Crippen LogP contribution in [0.2, 0.25) is 5.15 Å². The van der Waals surface area contributed by atoms with E-state index in [1.165, 1.54) is 12.3 Å². The molecule has 0 atom stereocenters. The number of nitrogens with zero attached hydrogens (tertiary/aromatic N) is 5. The molecule has 142 valence electrons. The second-order valence-electron chi connectivity index (χ2n) is 6.03. The average molecular weight is 414 g/mol. The van der Waals surface area contributed by atoms with Crippen molar-refractivity contribution in [2.75, 3.05) is 38.1 Å². The van der Waals surface area contributed by atoms with Crippen LogP contribution >= 0.6 is 23.4 Å². The van der Waals surface area contributed by atoms with Crippen LogP contribution in [-0.2, 0) is 6.18 Å². The Kier molecular flexibility index (Phi) is 5.79. The van der Waals surface area contributed by atoms with Crippen molar-refractivity contribution in [3.05, 3.63) is 40.7 Å². The first-order chi connectivity index (χ1) is 12.8. The van der Waals surface area contributed by atoms with Crippen molar-refractivity contribution in [1.82, 2.24) is 14.9 Å². The summed E-state index contributed by atoms with van der Waals surface area (Å²) in [5, 5.41) is 9.05. The van der Waals surface area contributed by atoms with Crippen molar-refractivity contribution in [1.29, 1.82) is 5.26 Å². The number of likely N-dealkylation sites (N-methyl/N-ethyl adjacent to an activating group) is 1. The number of aromatic nitrogens is 2. The number of hydrogen-bond acceptors (Lipinski definition) is 6. The van der Waals surface area contributed by atoms with Gasteiger partial charge in [0.2, 0.25) is 5.95 Å². The predicted molar refractivity (Wildman–Crippen MR) is 97.0 cm³/mol. The van der Waals surface area contributed by atoms with Crippen LogP contribution in [0.15, 0.2) is 34.2 Å². The Balaban J connectivity index is 1.81. The van der Waals surface area contributed by atoms with Crippen molar-refractivity contribution in [3.63, 3.8) is 0 Å². The number of piperazine rings is 1. The maximum absolute atomic E-state index is 13.1. The van der Waals surface area contributed by atoms with E-state index in [1.54, 1.807) is 6.07 Å². The smallest absolute Gasteiger partial charge is 0.338 e. The third-order valence-corrected chi connectivity index (χ3v) is 5.54. The molecule has 0 bridgehead atoms. The first-order valence-corrected chi connectivity index (χ1v) is 9.22. The van der Waals surface area contributed by atoms with E-state index >= 15 is 0 Å². The molecule has 1 saturated heterocycles. The van der Waals surface area contributed by atoms with E-state index in [0.29, 0.717) is 15.7 Å². The fourth-order valence-electron chi connectivity index (χ4n) is 2.61. The number of nitriles is 1. The Hall–Kier alpha value is -2.02. The summed E-state index contributed by atoms with van der Waals surface area (Å²) in [5.41, 5.74) is -1.39. The van der Waals surface area contributed by atoms with Crippen LogP contribution in [0.3, 0.4) is 0 Å². The largest absolute Gasteiger partial charge is 0.417 e. The number of halogens is 4. The highest BCUT2D eigenvalue weighted by molar-refractivity contribution is 7.99. The van der Waals surface area contributed by atoms with Crippen LogP contribution in [0.25, 0.3) is 0 Å². The Morgan fingerprint density at radius 1 is 1.22 bits per heavy atom. The molecule has 0 saturated carbocycles. The van der Waals surface area contributed by atoms with Crippen molar-refractivity contribution in [3.8, 4) is 6.07 Å². The molecule has 0 N–H and O–H groups in total. The topological polar surface area (TPSA) is 56.0 Å². The normalized spacial score (nSPS) is 15.6. The van der Waals surface area contributed by atoms with Gasteiger partial charge in [-0.2, -0.15) is 23.4 Å². The van der Waals surface area contributed by atoms with Gasteiger partial charge in [-0.1, -0.05) is 23.4 Å². The van der Waals surface area contributed by atoms with Crippen molar-refractivity contribution in [2.45, 2.75) is 16.0 Å². The highest BCUT2D eigenvalue weighted by Crippen LogP contribution is 2.38. The van der Waals surface area contributed by atoms with Gasteiger partial charge >= 0.3 is 6.18 Å². The minimum Gasteiger partial charge on any atom is -0.338 e. The van der Waals surface area contributed by atoms with Gasteiger partial charge in [-0.15, -0.1) is 0 Å². The van der Waals surface area contributed by atoms with Crippen LogP contribution in [0.4, 0.5) is 19.1 Å². The third kappa shape index (κ3) is 4.64. The lowest BCUT2D eigenvalue weighted by Crippen LogP contribution is -2.45. The SMILES string of the molecule is CN1CCN(c2ncc(Sc3ccc(C#N)c(C(F)(F)F)c3)c(Cl)n2)CC1. The molecule has 1 aliphatic rings. The van der Waals surface area contributed by atoms with E-state index in [0.717, 1.165) is 50.1 Å². The lowest BCUT2D eigenvalue weighted by molar-refractivity contribution is -0.137. The van der Waals surface area contributed by atoms with Crippen LogP contribution < -0.4 is 4.90 Å². The van der Waals surface area contributed by atoms with Gasteiger partial charge < -0.3 is 9.80 Å². The van der Waals surface area contributed by atoms with Crippen LogP contribution in [0.1, 0.15) is 11.1 Å². The Bertz CT molecular complexity index is 876. The van der Waals surface area contributed by atoms with Crippen LogP contribution in [0, 0.1) is 11.3 Å². The molecule has 1 aromatic heterocycles. The number of benzene rings is 1. The Morgan fingerprint density at radius 2 is 1.93 bits per heavy atom. The zero-order valence-electron chi connectivity index (χ0n) is 14.3. The van der Waals surface area contributed by atoms with Crippen molar-refractivity contribution >= 4 is 29.3 Å². The molecule has 0 unspecified atom stereocenters. The molecule has 0 radical (unpaired) electrons. The molecular weight excluding hydrogens is 399 g/mol. The molecule has 0 spiro atoms. The number of anilines is 1. The predicted octanol–water partition coefficient (Wildman–Crippen LogP) is 3.92. The summed E-state index contributed by atoms with van der Waals surface area (Å²) in [6.45, 7) is 3.35. The number of alkyl halides is 3. The lowest BCUT2D eigenvalue weighted by Gasteiger charge is -2.32. The number of hydrogen-bond donors (Lipinski definition) is 0. The second-order valence-corrected chi connectivity index (χ2v) is 7.51. The fourth-order valence-corrected chi connectivity index (χ4v) is 3.66. The van der Waals surface area contributed by atoms with Gasteiger partial charge in [0.15, 0.2) is 0 Å². The minimum absolute atomic E-state index is 0.182. The molecule has 2 heterocycles. The summed E-state index contributed by atoms with van der Waals surface area (Å²) in [4.78, 5) is 13.6. The highest BCUT2D eigenvalue weighted by Gasteiger charge is 2.34. The summed E-state index contributed by atoms with van der Waals surface area (Å²) < 4.78 is 39.3. The standard InChI is InChI=1S/C17H15ClF3N5S/c1-25-4-6-26(7-5-25)16-23-10-14(15(18)24-16)27-12-3-2-11(9-22)13(8-12)17(19,20)21/h2-3,8,10H,4-7H2,1H3. The zero-order valence-corrected chi connectivity index (χ0v) is 15.9. The molecule has 10 heteroatoms. The number of rotatable bonds is 3. The van der Waals surface area contributed by atoms with Crippen molar-refractivity contribution < 1.29 is 13.2 Å². The summed E-state index contributed by atoms with van der Waals surface area (Å²) in [6, 6.07) is 5.10. The van der Waals surface area contributed by atoms with Crippen LogP contribution in [-0.4, -0.2) is 48.1 Å². The highest BCUT2D eigenvalue weighted by atomic mass is 35.5. The molecule has 1 fully saturated rings. The first kappa shape index (κ1) is 19.7. The molecular formula is C17H15ClF3N5S. The van der Waals surface area contributed by atoms with E-state index in [4.69, 9.17) is 16.9 Å². The Morgan fingerprint density at radius 3 is 2.52 bits per heavy atom. The molecule has 5 nitrogen and oxygen atoms in total. The maximum Gasteiger partial charge on any atom is 0.417 e. The molecule has 2 aromatic rings. The average Bonchev–Trinajstić information content (AvgIpc) is 2.63. The lowest BCUT2D eigenvalue weighted by atomic mass is 10.1. The second kappa shape index (κ2) is 7.92. The van der Waals surface area contributed by atoms with E-state index < -0.39 is 17.3 Å². The Labute approximate surface area is 163 Å². The van der Waals surface area contributed by atoms with Gasteiger partial charge in [0.1, 0.15) is 5.15 Å². The molecule has 3 rings (SSSR count). The van der Waals surface area contributed by atoms with Gasteiger partial charge in [0.25, 0.3) is 0 Å². The van der Waals surface area contributed by atoms with E-state index in [2.05, 4.69) is 14.9 Å². The molecule has 0 aliphatic carbocycles. The summed E-state index contributed by atoms with van der Waals surface area (Å²) >= 11 is 7.26. The molecule has 1 aromatic carbocycles. The van der Waals surface area contributed by atoms with E-state index in [-0.39, 0.29) is 5.15 Å². The zero-order chi connectivity index (χ0) is 19.6. The van der Waals surface area contributed by atoms with Crippen LogP contribution in [0.5, 0.6) is 0 Å². The van der Waals surface area contributed by atoms with Gasteiger partial charge in [0, 0.05) is 37.3 Å². The van der Waals surface area contributed by atoms with Crippen molar-refractivity contribution in [2.24, 2.45) is 0 Å². The molecule has 1 aliphatic heterocycles. The van der Waals surface area contributed by atoms with E-state index in [9.17, 15) is 13.2 Å². The summed E-state index contributed by atoms with van der Waals surface area (Å²) in [5.74, 6) is 0.508. The monoisotopic (exact) mass is 413 g/mol. The van der Waals surface area contributed by atoms with Gasteiger partial charge in [-0.3, -0.25) is 0 Å². The quantitative estimate of drug-likeness (QED) is 0.711. The summed E-state index contributed by atoms with van der Waals surface area (Å²) in [6.07, 6.45) is -3.09. The van der Waals surface area contributed by atoms with E-state index in [1.807, 2.05) is 11.9 Å². The fraction of sp³-hybridized carbons (Fsp3) is 0.353. The molecule has 0 amide bonds. The van der Waals surface area contributed by atoms with Gasteiger partial charge in [-0.25, -0.2) is 4.98 Å². The van der Waals surface area contributed by atoms with Gasteiger partial charge in [0.05, 0.1) is 22.1 Å². The minimum atomic E-state index is -4.60. The third-order valence-electron chi connectivity index (χ3n) is 4.13. The molecule has 27 heavy (non-hydrogen) atoms. The van der Waals surface area contributed by atoms with Gasteiger partial charge in [-0.05, 0) is 25.2 Å².